The summed E-state index contributed by atoms with van der Waals surface area (Å²) in [4.78, 5) is 32.6. The second kappa shape index (κ2) is 11.2. The predicted octanol–water partition coefficient (Wildman–Crippen LogP) is 4.64. The third-order valence-electron chi connectivity index (χ3n) is 6.64. The zero-order valence-electron chi connectivity index (χ0n) is 21.8. The Balaban J connectivity index is 1.79. The first-order valence-corrected chi connectivity index (χ1v) is 12.6. The number of nitrogens with one attached hydrogen (secondary N) is 1. The van der Waals surface area contributed by atoms with Crippen LogP contribution in [0, 0.1) is 12.7 Å². The van der Waals surface area contributed by atoms with Crippen molar-refractivity contribution in [2.24, 2.45) is 0 Å². The van der Waals surface area contributed by atoms with E-state index in [-0.39, 0.29) is 40.5 Å². The number of aryl methyl sites for hydroxylation is 1. The normalized spacial score (nSPS) is 14.9. The van der Waals surface area contributed by atoms with Gasteiger partial charge in [0.2, 0.25) is 11.9 Å². The molecule has 4 rings (SSSR count). The van der Waals surface area contributed by atoms with Crippen LogP contribution in [-0.4, -0.2) is 70.3 Å². The van der Waals surface area contributed by atoms with E-state index < -0.39 is 17.6 Å². The molecule has 1 aliphatic rings. The van der Waals surface area contributed by atoms with Gasteiger partial charge in [-0.3, -0.25) is 4.79 Å². The Morgan fingerprint density at radius 2 is 1.95 bits per heavy atom. The summed E-state index contributed by atoms with van der Waals surface area (Å²) in [5.74, 6) is -0.0739. The molecule has 3 N–H and O–H groups in total. The molecule has 1 aliphatic heterocycles. The molecular formula is C26H29ClF3N7O2. The number of rotatable bonds is 8. The van der Waals surface area contributed by atoms with Gasteiger partial charge < -0.3 is 20.9 Å². The van der Waals surface area contributed by atoms with Crippen molar-refractivity contribution >= 4 is 46.0 Å². The number of amides is 1. The Morgan fingerprint density at radius 1 is 1.26 bits per heavy atom. The van der Waals surface area contributed by atoms with E-state index in [0.717, 1.165) is 0 Å². The first-order valence-electron chi connectivity index (χ1n) is 12.2. The zero-order valence-corrected chi connectivity index (χ0v) is 22.5. The van der Waals surface area contributed by atoms with Gasteiger partial charge in [0, 0.05) is 37.1 Å². The number of piperazine rings is 1. The van der Waals surface area contributed by atoms with Crippen molar-refractivity contribution in [2.45, 2.75) is 32.5 Å². The SMILES string of the molecule is C=CC(=O)N1CCN(c2nc(NCC(F)C(C)(C)OF)nc3cc(-c4nc(N)cc(C)c4F)c(Cl)cc23)CC1. The number of benzene rings is 1. The van der Waals surface area contributed by atoms with E-state index in [0.29, 0.717) is 48.5 Å². The number of nitrogens with zero attached hydrogens (tertiary/aromatic N) is 5. The number of carbonyl (C=O) groups excluding carboxylic acids is 1. The van der Waals surface area contributed by atoms with Crippen LogP contribution >= 0.6 is 11.6 Å². The Hall–Kier alpha value is -3.64. The van der Waals surface area contributed by atoms with Gasteiger partial charge in [0.15, 0.2) is 5.82 Å². The Kier molecular flexibility index (Phi) is 8.17. The molecule has 0 aliphatic carbocycles. The lowest BCUT2D eigenvalue weighted by molar-refractivity contribution is -0.241. The van der Waals surface area contributed by atoms with Gasteiger partial charge in [-0.25, -0.2) is 18.7 Å². The summed E-state index contributed by atoms with van der Waals surface area (Å²) in [6.07, 6.45) is -0.464. The molecule has 0 radical (unpaired) electrons. The molecule has 0 saturated carbocycles. The molecule has 1 fully saturated rings. The number of aromatic nitrogens is 3. The minimum atomic E-state index is -1.73. The van der Waals surface area contributed by atoms with Crippen LogP contribution in [-0.2, 0) is 9.74 Å². The van der Waals surface area contributed by atoms with E-state index >= 15 is 4.39 Å². The number of hydrogen-bond donors (Lipinski definition) is 2. The van der Waals surface area contributed by atoms with Crippen molar-refractivity contribution in [3.8, 4) is 11.3 Å². The maximum Gasteiger partial charge on any atom is 0.246 e. The smallest absolute Gasteiger partial charge is 0.246 e. The number of hydrogen-bond acceptors (Lipinski definition) is 8. The summed E-state index contributed by atoms with van der Waals surface area (Å²) in [5.41, 5.74) is 5.10. The fourth-order valence-electron chi connectivity index (χ4n) is 4.24. The van der Waals surface area contributed by atoms with E-state index in [1.165, 1.54) is 26.0 Å². The molecule has 13 heteroatoms. The Labute approximate surface area is 228 Å². The highest BCUT2D eigenvalue weighted by atomic mass is 35.5. The van der Waals surface area contributed by atoms with Crippen LogP contribution < -0.4 is 16.0 Å². The molecule has 1 aromatic carbocycles. The highest BCUT2D eigenvalue weighted by Gasteiger charge is 2.32. The third-order valence-corrected chi connectivity index (χ3v) is 6.95. The molecule has 1 amide bonds. The second-order valence-electron chi connectivity index (χ2n) is 9.79. The van der Waals surface area contributed by atoms with Gasteiger partial charge >= 0.3 is 0 Å². The largest absolute Gasteiger partial charge is 0.384 e. The summed E-state index contributed by atoms with van der Waals surface area (Å²) in [6.45, 7) is 9.07. The van der Waals surface area contributed by atoms with Crippen molar-refractivity contribution in [3.05, 3.63) is 47.3 Å². The number of nitrogen functional groups attached to an aromatic ring is 1. The van der Waals surface area contributed by atoms with E-state index in [9.17, 15) is 13.7 Å². The summed E-state index contributed by atoms with van der Waals surface area (Å²) < 4.78 is 42.5. The minimum Gasteiger partial charge on any atom is -0.384 e. The van der Waals surface area contributed by atoms with Crippen molar-refractivity contribution in [3.63, 3.8) is 0 Å². The van der Waals surface area contributed by atoms with Gasteiger partial charge in [0.1, 0.15) is 29.1 Å². The van der Waals surface area contributed by atoms with Crippen LogP contribution in [0.2, 0.25) is 5.02 Å². The number of nitrogens with two attached hydrogens (primary N) is 1. The summed E-state index contributed by atoms with van der Waals surface area (Å²) in [6, 6.07) is 4.60. The molecule has 2 aromatic heterocycles. The summed E-state index contributed by atoms with van der Waals surface area (Å²) >= 11 is 6.62. The van der Waals surface area contributed by atoms with Gasteiger partial charge in [-0.2, -0.15) is 9.93 Å². The quantitative estimate of drug-likeness (QED) is 0.382. The highest BCUT2D eigenvalue weighted by molar-refractivity contribution is 6.34. The van der Waals surface area contributed by atoms with Crippen molar-refractivity contribution in [1.29, 1.82) is 0 Å². The number of pyridine rings is 1. The predicted molar refractivity (Wildman–Crippen MR) is 146 cm³/mol. The molecule has 208 valence electrons. The fraction of sp³-hybridized carbons (Fsp3) is 0.385. The van der Waals surface area contributed by atoms with Crippen LogP contribution in [0.1, 0.15) is 19.4 Å². The summed E-state index contributed by atoms with van der Waals surface area (Å²) in [7, 11) is 0. The number of fused-ring (bicyclic) bond motifs is 1. The number of anilines is 3. The lowest BCUT2D eigenvalue weighted by Crippen LogP contribution is -2.48. The van der Waals surface area contributed by atoms with Crippen LogP contribution in [0.15, 0.2) is 30.9 Å². The molecular weight excluding hydrogens is 535 g/mol. The number of carbonyl (C=O) groups is 1. The molecule has 0 spiro atoms. The molecule has 9 nitrogen and oxygen atoms in total. The second-order valence-corrected chi connectivity index (χ2v) is 10.2. The highest BCUT2D eigenvalue weighted by Crippen LogP contribution is 2.37. The Morgan fingerprint density at radius 3 is 2.59 bits per heavy atom. The minimum absolute atomic E-state index is 0.0312. The van der Waals surface area contributed by atoms with E-state index in [1.807, 2.05) is 4.90 Å². The number of halogens is 4. The van der Waals surface area contributed by atoms with Crippen molar-refractivity contribution in [1.82, 2.24) is 19.9 Å². The lowest BCUT2D eigenvalue weighted by Gasteiger charge is -2.35. The maximum atomic E-state index is 15.0. The number of alkyl halides is 1. The molecule has 3 heterocycles. The van der Waals surface area contributed by atoms with Crippen LogP contribution in [0.3, 0.4) is 0 Å². The molecule has 3 aromatic rings. The average Bonchev–Trinajstić information content (AvgIpc) is 2.92. The topological polar surface area (TPSA) is 110 Å². The van der Waals surface area contributed by atoms with Gasteiger partial charge in [-0.15, -0.1) is 0 Å². The van der Waals surface area contributed by atoms with Crippen LogP contribution in [0.5, 0.6) is 0 Å². The zero-order chi connectivity index (χ0) is 28.5. The van der Waals surface area contributed by atoms with E-state index in [1.54, 1.807) is 24.0 Å². The van der Waals surface area contributed by atoms with Crippen molar-refractivity contribution < 1.29 is 23.0 Å². The summed E-state index contributed by atoms with van der Waals surface area (Å²) in [5, 5.41) is 3.57. The molecule has 39 heavy (non-hydrogen) atoms. The van der Waals surface area contributed by atoms with Gasteiger partial charge in [0.25, 0.3) is 0 Å². The van der Waals surface area contributed by atoms with Gasteiger partial charge in [-0.05, 0) is 55.1 Å². The first kappa shape index (κ1) is 28.4. The molecule has 0 bridgehead atoms. The fourth-order valence-corrected chi connectivity index (χ4v) is 4.49. The van der Waals surface area contributed by atoms with Crippen molar-refractivity contribution in [2.75, 3.05) is 48.7 Å². The average molecular weight is 564 g/mol. The van der Waals surface area contributed by atoms with E-state index in [4.69, 9.17) is 17.3 Å². The van der Waals surface area contributed by atoms with Crippen LogP contribution in [0.4, 0.5) is 30.9 Å². The van der Waals surface area contributed by atoms with Crippen LogP contribution in [0.25, 0.3) is 22.2 Å². The third kappa shape index (κ3) is 5.86. The van der Waals surface area contributed by atoms with Gasteiger partial charge in [-0.1, -0.05) is 18.2 Å². The Bertz CT molecular complexity index is 1410. The standard InChI is InChI=1S/C26H29ClF3N7O2/c1-5-21(38)36-6-8-37(9-7-36)24-16-11-17(27)15(23-22(29)14(2)10-20(31)34-23)12-18(16)33-25(35-24)32-13-19(28)26(3,4)39-30/h5,10-12,19H,1,6-9,13H2,2-4H3,(H2,31,34)(H,32,33,35). The molecule has 1 saturated heterocycles. The first-order chi connectivity index (χ1) is 18.4. The maximum absolute atomic E-state index is 15.0. The molecule has 1 atom stereocenters. The molecule has 1 unspecified atom stereocenters. The monoisotopic (exact) mass is 563 g/mol. The van der Waals surface area contributed by atoms with Gasteiger partial charge in [0.05, 0.1) is 17.1 Å². The lowest BCUT2D eigenvalue weighted by atomic mass is 10.0. The van der Waals surface area contributed by atoms with E-state index in [2.05, 4.69) is 31.8 Å².